The van der Waals surface area contributed by atoms with Gasteiger partial charge in [0.05, 0.1) is 6.20 Å². The van der Waals surface area contributed by atoms with Gasteiger partial charge in [-0.25, -0.2) is 9.97 Å². The third kappa shape index (κ3) is 1.12. The van der Waals surface area contributed by atoms with Gasteiger partial charge < -0.3 is 0 Å². The molecule has 0 saturated heterocycles. The summed E-state index contributed by atoms with van der Waals surface area (Å²) in [6, 6.07) is 0. The fourth-order valence-corrected chi connectivity index (χ4v) is 0.425. The Kier molecular flexibility index (Phi) is 1.22. The number of halogens is 1. The second kappa shape index (κ2) is 1.89. The smallest absolute Gasteiger partial charge is 0.204 e. The molecule has 1 aromatic rings. The molecule has 0 aliphatic carbocycles. The summed E-state index contributed by atoms with van der Waals surface area (Å²) >= 11 is 5.40. The molecule has 0 spiro atoms. The van der Waals surface area contributed by atoms with Crippen molar-refractivity contribution in [3.05, 3.63) is 23.7 Å². The second-order valence-electron chi connectivity index (χ2n) is 1.08. The van der Waals surface area contributed by atoms with Gasteiger partial charge in [-0.05, 0) is 0 Å². The molecule has 7 heavy (non-hydrogen) atoms. The van der Waals surface area contributed by atoms with E-state index in [0.29, 0.717) is 5.15 Å². The highest BCUT2D eigenvalue weighted by Gasteiger charge is 1.83. The minimum atomic E-state index is 0.488. The second-order valence-corrected chi connectivity index (χ2v) is 1.47. The van der Waals surface area contributed by atoms with Gasteiger partial charge >= 0.3 is 0 Å². The average molecular weight is 116 g/mol. The number of H-pyrrole nitrogens is 1. The number of aromatic nitrogens is 2. The molecule has 0 aliphatic rings. The fraction of sp³-hybridized carbons (Fsp3) is 0. The maximum atomic E-state index is 5.40. The van der Waals surface area contributed by atoms with Gasteiger partial charge in [0.1, 0.15) is 0 Å². The van der Waals surface area contributed by atoms with E-state index in [-0.39, 0.29) is 0 Å². The van der Waals surface area contributed by atoms with Gasteiger partial charge in [-0.15, -0.1) is 0 Å². The van der Waals surface area contributed by atoms with E-state index in [2.05, 4.69) is 9.97 Å². The minimum Gasteiger partial charge on any atom is -0.233 e. The Morgan fingerprint density at radius 1 is 1.71 bits per heavy atom. The van der Waals surface area contributed by atoms with Crippen LogP contribution in [0.5, 0.6) is 0 Å². The molecule has 2 nitrogen and oxygen atoms in total. The third-order valence-corrected chi connectivity index (χ3v) is 0.778. The first kappa shape index (κ1) is 4.53. The summed E-state index contributed by atoms with van der Waals surface area (Å²) in [7, 11) is 0. The summed E-state index contributed by atoms with van der Waals surface area (Å²) in [5, 5.41) is 0.488. The lowest BCUT2D eigenvalue weighted by Crippen LogP contribution is -1.97. The van der Waals surface area contributed by atoms with Crippen LogP contribution in [0.4, 0.5) is 0 Å². The van der Waals surface area contributed by atoms with E-state index in [9.17, 15) is 0 Å². The van der Waals surface area contributed by atoms with Crippen molar-refractivity contribution in [2.24, 2.45) is 0 Å². The maximum Gasteiger partial charge on any atom is 0.204 e. The Bertz CT molecular complexity index is 140. The molecule has 1 N–H and O–H groups in total. The van der Waals surface area contributed by atoms with Crippen molar-refractivity contribution in [2.45, 2.75) is 0 Å². The van der Waals surface area contributed by atoms with Crippen molar-refractivity contribution < 1.29 is 4.98 Å². The first-order chi connectivity index (χ1) is 3.39. The Balaban J connectivity index is 3.02. The normalized spacial score (nSPS) is 8.71. The predicted octanol–water partition coefficient (Wildman–Crippen LogP) is 0.549. The third-order valence-electron chi connectivity index (χ3n) is 0.571. The van der Waals surface area contributed by atoms with Crippen LogP contribution in [0.3, 0.4) is 0 Å². The van der Waals surface area contributed by atoms with Gasteiger partial charge in [-0.3, -0.25) is 0 Å². The van der Waals surface area contributed by atoms with Gasteiger partial charge in [0.15, 0.2) is 11.3 Å². The lowest BCUT2D eigenvalue weighted by molar-refractivity contribution is -0.378. The molecule has 0 fully saturated rings. The highest BCUT2D eigenvalue weighted by molar-refractivity contribution is 6.29. The van der Waals surface area contributed by atoms with Crippen molar-refractivity contribution in [3.63, 3.8) is 0 Å². The van der Waals surface area contributed by atoms with Crippen LogP contribution >= 0.6 is 11.6 Å². The first-order valence-corrected chi connectivity index (χ1v) is 2.25. The van der Waals surface area contributed by atoms with E-state index in [1.165, 1.54) is 0 Å². The van der Waals surface area contributed by atoms with E-state index in [1.54, 1.807) is 18.6 Å². The number of rotatable bonds is 0. The summed E-state index contributed by atoms with van der Waals surface area (Å²) in [6.07, 6.45) is 4.91. The fourth-order valence-electron chi connectivity index (χ4n) is 0.306. The molecule has 1 aromatic heterocycles. The molecule has 0 amide bonds. The monoisotopic (exact) mass is 115 g/mol. The van der Waals surface area contributed by atoms with Crippen LogP contribution in [0, 0.1) is 0 Å². The highest BCUT2D eigenvalue weighted by Crippen LogP contribution is 1.92. The van der Waals surface area contributed by atoms with E-state index >= 15 is 0 Å². The summed E-state index contributed by atoms with van der Waals surface area (Å²) in [5.74, 6) is 0. The quantitative estimate of drug-likeness (QED) is 0.485. The van der Waals surface area contributed by atoms with Gasteiger partial charge in [0, 0.05) is 0 Å². The lowest BCUT2D eigenvalue weighted by atomic mass is 10.8. The Morgan fingerprint density at radius 3 is 2.86 bits per heavy atom. The molecule has 1 heterocycles. The van der Waals surface area contributed by atoms with Crippen LogP contribution in [0.25, 0.3) is 0 Å². The van der Waals surface area contributed by atoms with Crippen LogP contribution in [-0.4, -0.2) is 4.98 Å². The highest BCUT2D eigenvalue weighted by atomic mass is 35.5. The number of nitrogens with one attached hydrogen (secondary N) is 1. The number of hydrogen-bond acceptors (Lipinski definition) is 1. The number of aromatic amines is 1. The van der Waals surface area contributed by atoms with E-state index in [0.717, 1.165) is 0 Å². The zero-order valence-electron chi connectivity index (χ0n) is 3.56. The Morgan fingerprint density at radius 2 is 2.57 bits per heavy atom. The molecule has 0 saturated carbocycles. The van der Waals surface area contributed by atoms with Gasteiger partial charge in [0.2, 0.25) is 6.20 Å². The van der Waals surface area contributed by atoms with Crippen LogP contribution in [0.1, 0.15) is 0 Å². The molecular weight excluding hydrogens is 112 g/mol. The predicted molar refractivity (Wildman–Crippen MR) is 25.8 cm³/mol. The van der Waals surface area contributed by atoms with E-state index in [4.69, 9.17) is 11.6 Å². The molecule has 0 aliphatic heterocycles. The standard InChI is InChI=1S/C4H3ClN2/c5-4-3-6-1-2-7-4/h1-3H/p+1. The van der Waals surface area contributed by atoms with Crippen LogP contribution in [-0.2, 0) is 0 Å². The zero-order valence-corrected chi connectivity index (χ0v) is 4.31. The van der Waals surface area contributed by atoms with Crippen molar-refractivity contribution in [1.29, 1.82) is 0 Å². The van der Waals surface area contributed by atoms with Crippen molar-refractivity contribution in [1.82, 2.24) is 4.98 Å². The largest absolute Gasteiger partial charge is 0.233 e. The summed E-state index contributed by atoms with van der Waals surface area (Å²) in [4.78, 5) is 6.48. The van der Waals surface area contributed by atoms with Gasteiger partial charge in [-0.2, -0.15) is 0 Å². The summed E-state index contributed by atoms with van der Waals surface area (Å²) in [6.45, 7) is 0. The van der Waals surface area contributed by atoms with E-state index in [1.807, 2.05) is 0 Å². The molecule has 1 rings (SSSR count). The molecule has 0 atom stereocenters. The molecule has 3 heteroatoms. The topological polar surface area (TPSA) is 27.0 Å². The molecule has 0 radical (unpaired) electrons. The SMILES string of the molecule is Clc1c[nH+]ccn1. The summed E-state index contributed by atoms with van der Waals surface area (Å²) < 4.78 is 0. The maximum absolute atomic E-state index is 5.40. The van der Waals surface area contributed by atoms with Crippen molar-refractivity contribution >= 4 is 11.6 Å². The zero-order chi connectivity index (χ0) is 5.11. The molecular formula is C4H4ClN2+. The van der Waals surface area contributed by atoms with Gasteiger partial charge in [-0.1, -0.05) is 11.6 Å². The van der Waals surface area contributed by atoms with E-state index < -0.39 is 0 Å². The van der Waals surface area contributed by atoms with Crippen LogP contribution in [0.2, 0.25) is 5.15 Å². The number of hydrogen-bond donors (Lipinski definition) is 0. The van der Waals surface area contributed by atoms with Crippen molar-refractivity contribution in [2.75, 3.05) is 0 Å². The average Bonchev–Trinajstić information content (AvgIpc) is 1.69. The number of nitrogens with zero attached hydrogens (tertiary/aromatic N) is 1. The van der Waals surface area contributed by atoms with Crippen molar-refractivity contribution in [3.8, 4) is 0 Å². The Hall–Kier alpha value is -0.630. The molecule has 36 valence electrons. The summed E-state index contributed by atoms with van der Waals surface area (Å²) in [5.41, 5.74) is 0. The first-order valence-electron chi connectivity index (χ1n) is 1.87. The van der Waals surface area contributed by atoms with Crippen LogP contribution < -0.4 is 4.98 Å². The molecule has 0 aromatic carbocycles. The lowest BCUT2D eigenvalue weighted by Gasteiger charge is -1.73. The molecule has 0 unspecified atom stereocenters. The minimum absolute atomic E-state index is 0.488. The molecule has 0 bridgehead atoms. The van der Waals surface area contributed by atoms with Crippen LogP contribution in [0.15, 0.2) is 18.6 Å². The van der Waals surface area contributed by atoms with Gasteiger partial charge in [0.25, 0.3) is 0 Å². The Labute approximate surface area is 46.2 Å².